The Morgan fingerprint density at radius 2 is 0.760 bits per heavy atom. The van der Waals surface area contributed by atoms with Gasteiger partial charge in [-0.05, 0) is 72.8 Å². The van der Waals surface area contributed by atoms with Gasteiger partial charge in [-0.3, -0.25) is 0 Å². The van der Waals surface area contributed by atoms with Gasteiger partial charge >= 0.3 is 23.9 Å². The maximum Gasteiger partial charge on any atom is 0.340 e. The molecule has 5 rings (SSSR count). The molecule has 0 radical (unpaired) electrons. The summed E-state index contributed by atoms with van der Waals surface area (Å²) in [4.78, 5) is 52.9. The number of ether oxygens (including phenoxy) is 5. The lowest BCUT2D eigenvalue weighted by atomic mass is 10.0. The van der Waals surface area contributed by atoms with Gasteiger partial charge in [-0.2, -0.15) is 0 Å². The number of phenols is 8. The Balaban J connectivity index is 1.53. The average Bonchev–Trinajstić information content (AvgIpc) is 3.08. The molecule has 0 aliphatic carbocycles. The molecule has 0 bridgehead atoms. The average molecular weight is 695 g/mol. The number of esters is 4. The topological polar surface area (TPSA) is 276 Å². The Bertz CT molecular complexity index is 1830. The van der Waals surface area contributed by atoms with Crippen LogP contribution in [0.3, 0.4) is 0 Å². The Kier molecular flexibility index (Phi) is 9.70. The van der Waals surface area contributed by atoms with Crippen molar-refractivity contribution < 1.29 is 83.7 Å². The minimum absolute atomic E-state index is 0.289. The molecule has 260 valence electrons. The SMILES string of the molecule is O=C(OC1OC[C@@H](OC(=O)c2ccc(O)c(O)c2)[C@@H](OC(=O)c2ccc(O)c(O)c2)[C@@H]1OC(=O)c1ccc(O)c(O)c1)c1ccc(O)c(O)c1. The van der Waals surface area contributed by atoms with Crippen LogP contribution >= 0.6 is 0 Å². The Morgan fingerprint density at radius 3 is 1.12 bits per heavy atom. The molecule has 1 heterocycles. The zero-order valence-electron chi connectivity index (χ0n) is 25.2. The summed E-state index contributed by atoms with van der Waals surface area (Å²) >= 11 is 0. The summed E-state index contributed by atoms with van der Waals surface area (Å²) in [6.07, 6.45) is -7.47. The summed E-state index contributed by atoms with van der Waals surface area (Å²) < 4.78 is 27.7. The normalized spacial score (nSPS) is 18.4. The van der Waals surface area contributed by atoms with E-state index >= 15 is 0 Å². The summed E-state index contributed by atoms with van der Waals surface area (Å²) in [6.45, 7) is -0.693. The van der Waals surface area contributed by atoms with Gasteiger partial charge in [0.2, 0.25) is 12.4 Å². The highest BCUT2D eigenvalue weighted by molar-refractivity contribution is 5.93. The van der Waals surface area contributed by atoms with Gasteiger partial charge in [-0.25, -0.2) is 19.2 Å². The second-order valence-corrected chi connectivity index (χ2v) is 10.6. The van der Waals surface area contributed by atoms with Crippen LogP contribution in [0.5, 0.6) is 46.0 Å². The number of carbonyl (C=O) groups is 4. The third-order valence-corrected chi connectivity index (χ3v) is 7.20. The van der Waals surface area contributed by atoms with Crippen LogP contribution in [0.15, 0.2) is 72.8 Å². The van der Waals surface area contributed by atoms with Crippen LogP contribution < -0.4 is 0 Å². The van der Waals surface area contributed by atoms with Crippen molar-refractivity contribution in [3.05, 3.63) is 95.1 Å². The van der Waals surface area contributed by atoms with Crippen LogP contribution in [-0.4, -0.2) is 95.9 Å². The van der Waals surface area contributed by atoms with Crippen molar-refractivity contribution in [2.75, 3.05) is 6.61 Å². The van der Waals surface area contributed by atoms with Gasteiger partial charge < -0.3 is 64.5 Å². The van der Waals surface area contributed by atoms with Crippen molar-refractivity contribution in [2.24, 2.45) is 0 Å². The molecule has 17 nitrogen and oxygen atoms in total. The van der Waals surface area contributed by atoms with Gasteiger partial charge in [-0.15, -0.1) is 0 Å². The second kappa shape index (κ2) is 14.1. The smallest absolute Gasteiger partial charge is 0.340 e. The molecule has 50 heavy (non-hydrogen) atoms. The molecule has 0 saturated carbocycles. The van der Waals surface area contributed by atoms with Crippen molar-refractivity contribution in [1.82, 2.24) is 0 Å². The first-order valence-corrected chi connectivity index (χ1v) is 14.2. The minimum atomic E-state index is -1.98. The highest BCUT2D eigenvalue weighted by Gasteiger charge is 2.50. The van der Waals surface area contributed by atoms with E-state index in [0.717, 1.165) is 72.8 Å². The number of rotatable bonds is 8. The van der Waals surface area contributed by atoms with Crippen molar-refractivity contribution in [3.8, 4) is 46.0 Å². The van der Waals surface area contributed by atoms with E-state index in [4.69, 9.17) is 23.7 Å². The standard InChI is InChI=1S/C33H26O17/c34-18-5-1-14(9-22(18)38)29(42)47-26-13-46-33(50-32(45)17-4-8-21(37)25(41)12-17)28(49-31(44)16-3-7-20(36)24(40)11-16)27(26)48-30(43)15-2-6-19(35)23(39)10-15/h1-12,26-28,33-41H,13H2/t26-,27-,28+,33?/m1/s1. The van der Waals surface area contributed by atoms with Gasteiger partial charge in [0.25, 0.3) is 0 Å². The van der Waals surface area contributed by atoms with Crippen LogP contribution in [0.4, 0.5) is 0 Å². The van der Waals surface area contributed by atoms with Crippen LogP contribution in [0.2, 0.25) is 0 Å². The molecule has 0 spiro atoms. The molecule has 0 amide bonds. The fourth-order valence-electron chi connectivity index (χ4n) is 4.58. The zero-order chi connectivity index (χ0) is 36.3. The molecule has 0 aromatic heterocycles. The molecular weight excluding hydrogens is 668 g/mol. The quantitative estimate of drug-likeness (QED) is 0.0747. The zero-order valence-corrected chi connectivity index (χ0v) is 25.2. The maximum absolute atomic E-state index is 13.3. The van der Waals surface area contributed by atoms with Gasteiger partial charge in [-0.1, -0.05) is 0 Å². The van der Waals surface area contributed by atoms with Crippen molar-refractivity contribution in [2.45, 2.75) is 24.6 Å². The lowest BCUT2D eigenvalue weighted by Gasteiger charge is -2.40. The van der Waals surface area contributed by atoms with Crippen LogP contribution in [0.25, 0.3) is 0 Å². The molecule has 1 fully saturated rings. The summed E-state index contributed by atoms with van der Waals surface area (Å²) in [5.41, 5.74) is -1.31. The molecule has 8 N–H and O–H groups in total. The predicted molar refractivity (Wildman–Crippen MR) is 162 cm³/mol. The predicted octanol–water partition coefficient (Wildman–Crippen LogP) is 2.52. The highest BCUT2D eigenvalue weighted by Crippen LogP contribution is 2.33. The Hall–Kier alpha value is -6.88. The fraction of sp³-hybridized carbons (Fsp3) is 0.152. The molecule has 1 aliphatic rings. The van der Waals surface area contributed by atoms with Gasteiger partial charge in [0.05, 0.1) is 28.9 Å². The first-order chi connectivity index (χ1) is 23.7. The van der Waals surface area contributed by atoms with Crippen molar-refractivity contribution >= 4 is 23.9 Å². The summed E-state index contributed by atoms with van der Waals surface area (Å²) in [6, 6.07) is 11.6. The number of benzene rings is 4. The first-order valence-electron chi connectivity index (χ1n) is 14.2. The lowest BCUT2D eigenvalue weighted by Crippen LogP contribution is -2.58. The van der Waals surface area contributed by atoms with Crippen LogP contribution in [0.1, 0.15) is 41.4 Å². The Labute approximate surface area is 279 Å². The van der Waals surface area contributed by atoms with E-state index in [0.29, 0.717) is 0 Å². The van der Waals surface area contributed by atoms with Gasteiger partial charge in [0.15, 0.2) is 58.2 Å². The van der Waals surface area contributed by atoms with Crippen molar-refractivity contribution in [1.29, 1.82) is 0 Å². The first kappa shape index (κ1) is 34.5. The van der Waals surface area contributed by atoms with Crippen LogP contribution in [-0.2, 0) is 23.7 Å². The molecule has 4 aromatic carbocycles. The largest absolute Gasteiger partial charge is 0.504 e. The second-order valence-electron chi connectivity index (χ2n) is 10.6. The van der Waals surface area contributed by atoms with E-state index in [2.05, 4.69) is 0 Å². The van der Waals surface area contributed by atoms with E-state index in [-0.39, 0.29) is 22.3 Å². The highest BCUT2D eigenvalue weighted by atomic mass is 16.7. The van der Waals surface area contributed by atoms with E-state index < -0.39 is 101 Å². The maximum atomic E-state index is 13.3. The van der Waals surface area contributed by atoms with E-state index in [1.807, 2.05) is 0 Å². The lowest BCUT2D eigenvalue weighted by molar-refractivity contribution is -0.250. The Morgan fingerprint density at radius 1 is 0.440 bits per heavy atom. The third kappa shape index (κ3) is 7.47. The van der Waals surface area contributed by atoms with E-state index in [9.17, 15) is 60.0 Å². The number of carbonyl (C=O) groups excluding carboxylic acids is 4. The molecule has 1 aliphatic heterocycles. The molecule has 1 saturated heterocycles. The fourth-order valence-corrected chi connectivity index (χ4v) is 4.58. The summed E-state index contributed by atoms with van der Waals surface area (Å²) in [5.74, 6) is -9.88. The summed E-state index contributed by atoms with van der Waals surface area (Å²) in [7, 11) is 0. The van der Waals surface area contributed by atoms with Gasteiger partial charge in [0, 0.05) is 0 Å². The summed E-state index contributed by atoms with van der Waals surface area (Å²) in [5, 5.41) is 78.2. The third-order valence-electron chi connectivity index (χ3n) is 7.20. The number of hydrogen-bond acceptors (Lipinski definition) is 17. The molecular formula is C33H26O17. The van der Waals surface area contributed by atoms with E-state index in [1.54, 1.807) is 0 Å². The molecule has 4 atom stereocenters. The van der Waals surface area contributed by atoms with Crippen LogP contribution in [0, 0.1) is 0 Å². The van der Waals surface area contributed by atoms with Crippen molar-refractivity contribution in [3.63, 3.8) is 0 Å². The molecule has 1 unspecified atom stereocenters. The van der Waals surface area contributed by atoms with Gasteiger partial charge in [0.1, 0.15) is 0 Å². The minimum Gasteiger partial charge on any atom is -0.504 e. The number of hydrogen-bond donors (Lipinski definition) is 8. The van der Waals surface area contributed by atoms with E-state index in [1.165, 1.54) is 0 Å². The number of aromatic hydroxyl groups is 8. The number of phenolic OH excluding ortho intramolecular Hbond substituents is 8. The molecule has 17 heteroatoms. The molecule has 4 aromatic rings. The monoisotopic (exact) mass is 694 g/mol.